The van der Waals surface area contributed by atoms with Crippen molar-refractivity contribution >= 4 is 35.2 Å². The minimum Gasteiger partial charge on any atom is -0.497 e. The summed E-state index contributed by atoms with van der Waals surface area (Å²) in [6, 6.07) is 11.9. The van der Waals surface area contributed by atoms with Crippen LogP contribution >= 0.6 is 23.7 Å². The van der Waals surface area contributed by atoms with Gasteiger partial charge in [-0.1, -0.05) is 11.8 Å². The lowest BCUT2D eigenvalue weighted by Crippen LogP contribution is -2.27. The molecule has 4 aromatic rings. The highest BCUT2D eigenvalue weighted by atomic mass is 35.5. The van der Waals surface area contributed by atoms with E-state index in [2.05, 4.69) is 49.0 Å². The first-order valence-corrected chi connectivity index (χ1v) is 10.1. The summed E-state index contributed by atoms with van der Waals surface area (Å²) in [5.41, 5.74) is 2.58. The monoisotopic (exact) mass is 438 g/mol. The van der Waals surface area contributed by atoms with Gasteiger partial charge in [-0.25, -0.2) is 4.98 Å². The molecule has 0 unspecified atom stereocenters. The van der Waals surface area contributed by atoms with Crippen LogP contribution in [0.25, 0.3) is 16.2 Å². The Hall–Kier alpha value is -3.01. The van der Waals surface area contributed by atoms with E-state index in [9.17, 15) is 0 Å². The van der Waals surface area contributed by atoms with Gasteiger partial charge in [-0.2, -0.15) is 0 Å². The molecular formula is C23H23ClN4OS. The van der Waals surface area contributed by atoms with E-state index < -0.39 is 0 Å². The number of halogens is 1. The van der Waals surface area contributed by atoms with E-state index in [1.54, 1.807) is 30.8 Å². The highest BCUT2D eigenvalue weighted by molar-refractivity contribution is 7.16. The number of nitrogens with one attached hydrogen (secondary N) is 1. The molecule has 0 bridgehead atoms. The van der Waals surface area contributed by atoms with E-state index in [1.807, 2.05) is 40.9 Å². The van der Waals surface area contributed by atoms with Crippen LogP contribution in [-0.4, -0.2) is 27.0 Å². The summed E-state index contributed by atoms with van der Waals surface area (Å²) in [7, 11) is 1.66. The van der Waals surface area contributed by atoms with E-state index in [4.69, 9.17) is 9.72 Å². The van der Waals surface area contributed by atoms with E-state index in [0.717, 1.165) is 38.2 Å². The lowest BCUT2D eigenvalue weighted by molar-refractivity contribution is 0.415. The zero-order valence-electron chi connectivity index (χ0n) is 17.3. The molecule has 1 N–H and O–H groups in total. The molecule has 0 atom stereocenters. The summed E-state index contributed by atoms with van der Waals surface area (Å²) in [5, 5.41) is 3.58. The third kappa shape index (κ3) is 4.76. The zero-order valence-corrected chi connectivity index (χ0v) is 18.9. The van der Waals surface area contributed by atoms with Crippen molar-refractivity contribution in [3.63, 3.8) is 0 Å². The van der Waals surface area contributed by atoms with Gasteiger partial charge in [0.1, 0.15) is 17.3 Å². The summed E-state index contributed by atoms with van der Waals surface area (Å²) in [6.45, 7) is 6.41. The second kappa shape index (κ2) is 8.78. The lowest BCUT2D eigenvalue weighted by atomic mass is 10.1. The molecule has 4 rings (SSSR count). The number of methoxy groups -OCH3 is 1. The quantitative estimate of drug-likeness (QED) is 0.429. The fourth-order valence-electron chi connectivity index (χ4n) is 2.89. The topological polar surface area (TPSA) is 51.5 Å². The molecule has 3 heterocycles. The van der Waals surface area contributed by atoms with E-state index in [1.165, 1.54) is 0 Å². The van der Waals surface area contributed by atoms with Crippen molar-refractivity contribution in [3.8, 4) is 28.2 Å². The molecule has 0 amide bonds. The molecule has 30 heavy (non-hydrogen) atoms. The molecule has 3 aromatic heterocycles. The maximum Gasteiger partial charge on any atom is 0.157 e. The fraction of sp³-hybridized carbons (Fsp3) is 0.217. The third-order valence-electron chi connectivity index (χ3n) is 4.18. The molecule has 0 spiro atoms. The van der Waals surface area contributed by atoms with E-state index in [-0.39, 0.29) is 17.9 Å². The highest BCUT2D eigenvalue weighted by Crippen LogP contribution is 2.34. The molecule has 0 aliphatic rings. The van der Waals surface area contributed by atoms with Crippen LogP contribution in [0.4, 0.5) is 5.82 Å². The smallest absolute Gasteiger partial charge is 0.157 e. The van der Waals surface area contributed by atoms with Gasteiger partial charge in [0.2, 0.25) is 0 Å². The Bertz CT molecular complexity index is 1210. The van der Waals surface area contributed by atoms with Crippen LogP contribution in [0.3, 0.4) is 0 Å². The number of hydrogen-bond donors (Lipinski definition) is 1. The molecule has 0 aliphatic carbocycles. The number of benzene rings is 1. The third-order valence-corrected chi connectivity index (χ3v) is 5.19. The van der Waals surface area contributed by atoms with Crippen LogP contribution in [0, 0.1) is 11.8 Å². The largest absolute Gasteiger partial charge is 0.497 e. The van der Waals surface area contributed by atoms with Crippen molar-refractivity contribution < 1.29 is 4.74 Å². The molecule has 0 saturated carbocycles. The Kier molecular flexibility index (Phi) is 6.35. The van der Waals surface area contributed by atoms with Gasteiger partial charge in [0.15, 0.2) is 5.65 Å². The predicted octanol–water partition coefficient (Wildman–Crippen LogP) is 5.50. The number of thiophene rings is 1. The first-order valence-electron chi connectivity index (χ1n) is 9.29. The minimum atomic E-state index is -0.0950. The van der Waals surface area contributed by atoms with Crippen LogP contribution < -0.4 is 10.1 Å². The second-order valence-electron chi connectivity index (χ2n) is 7.63. The van der Waals surface area contributed by atoms with Gasteiger partial charge in [0.25, 0.3) is 0 Å². The first kappa shape index (κ1) is 21.7. The van der Waals surface area contributed by atoms with Crippen molar-refractivity contribution in [2.75, 3.05) is 12.4 Å². The molecule has 5 nitrogen and oxygen atoms in total. The molecule has 1 aromatic carbocycles. The Morgan fingerprint density at radius 1 is 1.07 bits per heavy atom. The van der Waals surface area contributed by atoms with Crippen molar-refractivity contribution in [3.05, 3.63) is 65.4 Å². The number of nitrogens with zero attached hydrogens (tertiary/aromatic N) is 3. The predicted molar refractivity (Wildman–Crippen MR) is 126 cm³/mol. The summed E-state index contributed by atoms with van der Waals surface area (Å²) in [5.74, 6) is 8.25. The number of hydrogen-bond acceptors (Lipinski definition) is 5. The highest BCUT2D eigenvalue weighted by Gasteiger charge is 2.20. The summed E-state index contributed by atoms with van der Waals surface area (Å²) >= 11 is 1.63. The number of ether oxygens (including phenoxy) is 1. The number of fused-ring (bicyclic) bond motifs is 1. The zero-order chi connectivity index (χ0) is 20.4. The van der Waals surface area contributed by atoms with Crippen molar-refractivity contribution in [1.82, 2.24) is 14.4 Å². The minimum absolute atomic E-state index is 0. The molecule has 0 saturated heterocycles. The van der Waals surface area contributed by atoms with Crippen LogP contribution in [0.15, 0.2) is 55.0 Å². The van der Waals surface area contributed by atoms with Gasteiger partial charge < -0.3 is 10.1 Å². The second-order valence-corrected chi connectivity index (χ2v) is 8.71. The number of rotatable bonds is 3. The van der Waals surface area contributed by atoms with Crippen LogP contribution in [-0.2, 0) is 0 Å². The van der Waals surface area contributed by atoms with Crippen LogP contribution in [0.5, 0.6) is 5.75 Å². The molecular weight excluding hydrogens is 416 g/mol. The van der Waals surface area contributed by atoms with Crippen LogP contribution in [0.2, 0.25) is 0 Å². The average Bonchev–Trinajstić information content (AvgIpc) is 3.31. The number of anilines is 1. The standard InChI is InChI=1S/C23H22N4OS.ClH/c1-23(2,3)26-22-21(25-20-15-24-13-14-27(20)22)19-12-11-18(29-19)10-7-16-5-8-17(28-4)9-6-16;/h5-6,8-9,11-15,26H,1-4H3;1H. The van der Waals surface area contributed by atoms with Crippen LogP contribution in [0.1, 0.15) is 31.2 Å². The van der Waals surface area contributed by atoms with Crippen molar-refractivity contribution in [2.24, 2.45) is 0 Å². The Balaban J connectivity index is 0.00000256. The van der Waals surface area contributed by atoms with Gasteiger partial charge >= 0.3 is 0 Å². The Labute approximate surface area is 186 Å². The van der Waals surface area contributed by atoms with Gasteiger partial charge in [-0.15, -0.1) is 23.7 Å². The number of imidazole rings is 1. The summed E-state index contributed by atoms with van der Waals surface area (Å²) in [6.07, 6.45) is 5.47. The normalized spacial score (nSPS) is 10.8. The van der Waals surface area contributed by atoms with Gasteiger partial charge in [0.05, 0.1) is 23.1 Å². The van der Waals surface area contributed by atoms with Crippen molar-refractivity contribution in [2.45, 2.75) is 26.3 Å². The maximum atomic E-state index is 5.19. The van der Waals surface area contributed by atoms with Gasteiger partial charge in [-0.3, -0.25) is 9.38 Å². The van der Waals surface area contributed by atoms with Crippen molar-refractivity contribution in [1.29, 1.82) is 0 Å². The first-order chi connectivity index (χ1) is 13.9. The molecule has 7 heteroatoms. The number of aromatic nitrogens is 3. The Morgan fingerprint density at radius 3 is 2.53 bits per heavy atom. The van der Waals surface area contributed by atoms with Gasteiger partial charge in [-0.05, 0) is 57.2 Å². The molecule has 0 radical (unpaired) electrons. The summed E-state index contributed by atoms with van der Waals surface area (Å²) < 4.78 is 7.23. The molecule has 0 aliphatic heterocycles. The van der Waals surface area contributed by atoms with Gasteiger partial charge in [0, 0.05) is 23.5 Å². The lowest BCUT2D eigenvalue weighted by Gasteiger charge is -2.22. The Morgan fingerprint density at radius 2 is 1.83 bits per heavy atom. The molecule has 0 fully saturated rings. The fourth-order valence-corrected chi connectivity index (χ4v) is 3.74. The van der Waals surface area contributed by atoms with E-state index >= 15 is 0 Å². The van der Waals surface area contributed by atoms with E-state index in [0.29, 0.717) is 0 Å². The summed E-state index contributed by atoms with van der Waals surface area (Å²) in [4.78, 5) is 11.1. The SMILES string of the molecule is COc1ccc(C#Cc2ccc(-c3nc4cnccn4c3NC(C)(C)C)s2)cc1.Cl. The average molecular weight is 439 g/mol. The maximum absolute atomic E-state index is 5.19. The molecule has 154 valence electrons.